The third kappa shape index (κ3) is 2.93. The molecule has 0 bridgehead atoms. The number of hydrogen-bond donors (Lipinski definition) is 1. The van der Waals surface area contributed by atoms with Gasteiger partial charge in [-0.2, -0.15) is 0 Å². The lowest BCUT2D eigenvalue weighted by molar-refractivity contribution is 0.270. The second-order valence-corrected chi connectivity index (χ2v) is 6.60. The molecule has 0 saturated carbocycles. The van der Waals surface area contributed by atoms with Crippen molar-refractivity contribution in [1.29, 1.82) is 0 Å². The van der Waals surface area contributed by atoms with Crippen molar-refractivity contribution in [1.82, 2.24) is 14.3 Å². The van der Waals surface area contributed by atoms with Crippen LogP contribution in [0, 0.1) is 0 Å². The minimum atomic E-state index is 0.209. The van der Waals surface area contributed by atoms with Crippen LogP contribution in [0.3, 0.4) is 0 Å². The van der Waals surface area contributed by atoms with Crippen molar-refractivity contribution in [3.8, 4) is 0 Å². The predicted octanol–water partition coefficient (Wildman–Crippen LogP) is 1.82. The van der Waals surface area contributed by atoms with E-state index in [9.17, 15) is 0 Å². The number of imidazole rings is 1. The fourth-order valence-corrected chi connectivity index (χ4v) is 3.66. The zero-order valence-corrected chi connectivity index (χ0v) is 13.8. The Kier molecular flexibility index (Phi) is 4.47. The molecule has 0 radical (unpaired) electrons. The lowest BCUT2D eigenvalue weighted by atomic mass is 10.1. The van der Waals surface area contributed by atoms with Crippen LogP contribution < -0.4 is 10.6 Å². The number of nitrogens with two attached hydrogens (primary N) is 1. The van der Waals surface area contributed by atoms with E-state index in [1.54, 1.807) is 11.3 Å². The highest BCUT2D eigenvalue weighted by atomic mass is 32.1. The minimum Gasteiger partial charge on any atom is -0.352 e. The van der Waals surface area contributed by atoms with Crippen molar-refractivity contribution in [2.75, 3.05) is 37.6 Å². The normalized spacial score (nSPS) is 18.5. The largest absolute Gasteiger partial charge is 0.352 e. The van der Waals surface area contributed by atoms with Crippen molar-refractivity contribution in [2.45, 2.75) is 32.7 Å². The molecule has 1 unspecified atom stereocenters. The molecule has 2 aromatic heterocycles. The molecule has 2 aromatic rings. The zero-order chi connectivity index (χ0) is 14.8. The molecule has 1 aliphatic heterocycles. The first-order valence-electron chi connectivity index (χ1n) is 7.90. The van der Waals surface area contributed by atoms with Crippen LogP contribution in [0.2, 0.25) is 0 Å². The number of likely N-dealkylation sites (N-methyl/N-ethyl adjacent to an activating group) is 1. The summed E-state index contributed by atoms with van der Waals surface area (Å²) in [4.78, 5) is 10.9. The highest BCUT2D eigenvalue weighted by Gasteiger charge is 2.23. The molecule has 1 atom stereocenters. The van der Waals surface area contributed by atoms with E-state index in [4.69, 9.17) is 10.7 Å². The Hall–Kier alpha value is -1.11. The maximum absolute atomic E-state index is 6.20. The Bertz CT molecular complexity index is 582. The summed E-state index contributed by atoms with van der Waals surface area (Å²) < 4.78 is 2.22. The number of nitrogens with zero attached hydrogens (tertiary/aromatic N) is 4. The van der Waals surface area contributed by atoms with Gasteiger partial charge in [-0.3, -0.25) is 4.40 Å². The lowest BCUT2D eigenvalue weighted by Crippen LogP contribution is -2.46. The summed E-state index contributed by atoms with van der Waals surface area (Å²) in [5.74, 6) is 1.15. The van der Waals surface area contributed by atoms with E-state index in [-0.39, 0.29) is 6.04 Å². The van der Waals surface area contributed by atoms with Gasteiger partial charge in [-0.05, 0) is 13.0 Å². The fourth-order valence-electron chi connectivity index (χ4n) is 2.93. The first-order chi connectivity index (χ1) is 10.2. The zero-order valence-electron chi connectivity index (χ0n) is 13.0. The summed E-state index contributed by atoms with van der Waals surface area (Å²) in [7, 11) is 0. The summed E-state index contributed by atoms with van der Waals surface area (Å²) in [5.41, 5.74) is 7.48. The van der Waals surface area contributed by atoms with Gasteiger partial charge < -0.3 is 15.5 Å². The topological polar surface area (TPSA) is 49.8 Å². The summed E-state index contributed by atoms with van der Waals surface area (Å²) >= 11 is 1.70. The maximum Gasteiger partial charge on any atom is 0.195 e. The van der Waals surface area contributed by atoms with E-state index in [0.717, 1.165) is 56.3 Å². The van der Waals surface area contributed by atoms with E-state index in [2.05, 4.69) is 39.6 Å². The summed E-state index contributed by atoms with van der Waals surface area (Å²) in [5, 5.41) is 2.10. The molecule has 0 spiro atoms. The number of rotatable bonds is 5. The van der Waals surface area contributed by atoms with Gasteiger partial charge in [-0.1, -0.05) is 13.8 Å². The quantitative estimate of drug-likeness (QED) is 0.915. The summed E-state index contributed by atoms with van der Waals surface area (Å²) in [6.45, 7) is 9.89. The first-order valence-corrected chi connectivity index (χ1v) is 8.78. The number of aromatic nitrogens is 2. The van der Waals surface area contributed by atoms with Crippen molar-refractivity contribution in [3.05, 3.63) is 17.3 Å². The van der Waals surface area contributed by atoms with Crippen LogP contribution in [0.5, 0.6) is 0 Å². The highest BCUT2D eigenvalue weighted by Crippen LogP contribution is 2.26. The first kappa shape index (κ1) is 14.8. The molecule has 0 aliphatic carbocycles. The van der Waals surface area contributed by atoms with Gasteiger partial charge in [0.2, 0.25) is 0 Å². The highest BCUT2D eigenvalue weighted by molar-refractivity contribution is 7.15. The van der Waals surface area contributed by atoms with Crippen LogP contribution in [0.15, 0.2) is 11.6 Å². The molecule has 2 N–H and O–H groups in total. The Morgan fingerprint density at radius 2 is 2.05 bits per heavy atom. The van der Waals surface area contributed by atoms with Crippen LogP contribution in [0.1, 0.15) is 26.0 Å². The van der Waals surface area contributed by atoms with Crippen molar-refractivity contribution in [2.24, 2.45) is 5.73 Å². The van der Waals surface area contributed by atoms with Crippen LogP contribution in [-0.4, -0.2) is 53.1 Å². The third-order valence-corrected chi connectivity index (χ3v) is 5.20. The van der Waals surface area contributed by atoms with Crippen LogP contribution in [0.25, 0.3) is 4.96 Å². The molecule has 1 saturated heterocycles. The Morgan fingerprint density at radius 3 is 2.71 bits per heavy atom. The van der Waals surface area contributed by atoms with Gasteiger partial charge in [-0.25, -0.2) is 4.98 Å². The standard InChI is InChI=1S/C15H25N5S/c1-3-12(16)11-13-14(17-15-20(13)9-10-21-15)19-7-5-18(4-2)6-8-19/h9-10,12H,3-8,11,16H2,1-2H3. The van der Waals surface area contributed by atoms with Gasteiger partial charge >= 0.3 is 0 Å². The monoisotopic (exact) mass is 307 g/mol. The molecule has 1 fully saturated rings. The van der Waals surface area contributed by atoms with Gasteiger partial charge in [-0.15, -0.1) is 11.3 Å². The summed E-state index contributed by atoms with van der Waals surface area (Å²) in [6, 6.07) is 0.209. The van der Waals surface area contributed by atoms with Gasteiger partial charge in [0, 0.05) is 50.2 Å². The van der Waals surface area contributed by atoms with Crippen molar-refractivity contribution in [3.63, 3.8) is 0 Å². The Balaban J connectivity index is 1.87. The molecule has 116 valence electrons. The average Bonchev–Trinajstić information content (AvgIpc) is 3.10. The maximum atomic E-state index is 6.20. The molecule has 0 aromatic carbocycles. The second kappa shape index (κ2) is 6.34. The smallest absolute Gasteiger partial charge is 0.195 e. The van der Waals surface area contributed by atoms with E-state index < -0.39 is 0 Å². The third-order valence-electron chi connectivity index (χ3n) is 4.44. The number of hydrogen-bond acceptors (Lipinski definition) is 5. The molecule has 21 heavy (non-hydrogen) atoms. The van der Waals surface area contributed by atoms with Gasteiger partial charge in [0.25, 0.3) is 0 Å². The van der Waals surface area contributed by atoms with E-state index in [1.807, 2.05) is 0 Å². The molecule has 3 rings (SSSR count). The number of thiazole rings is 1. The van der Waals surface area contributed by atoms with E-state index in [0.29, 0.717) is 0 Å². The predicted molar refractivity (Wildman–Crippen MR) is 89.4 cm³/mol. The van der Waals surface area contributed by atoms with Crippen LogP contribution in [0.4, 0.5) is 5.82 Å². The second-order valence-electron chi connectivity index (χ2n) is 5.73. The molecule has 3 heterocycles. The number of anilines is 1. The number of fused-ring (bicyclic) bond motifs is 1. The molecule has 0 amide bonds. The van der Waals surface area contributed by atoms with E-state index in [1.165, 1.54) is 5.69 Å². The molecule has 5 nitrogen and oxygen atoms in total. The average molecular weight is 307 g/mol. The fraction of sp³-hybridized carbons (Fsp3) is 0.667. The van der Waals surface area contributed by atoms with Crippen LogP contribution >= 0.6 is 11.3 Å². The Morgan fingerprint density at radius 1 is 1.29 bits per heavy atom. The Labute approximate surface area is 130 Å². The van der Waals surface area contributed by atoms with Crippen LogP contribution in [-0.2, 0) is 6.42 Å². The number of piperazine rings is 1. The van der Waals surface area contributed by atoms with Gasteiger partial charge in [0.05, 0.1) is 5.69 Å². The molecule has 6 heteroatoms. The molecular formula is C15H25N5S. The van der Waals surface area contributed by atoms with Crippen molar-refractivity contribution >= 4 is 22.1 Å². The lowest BCUT2D eigenvalue weighted by Gasteiger charge is -2.34. The van der Waals surface area contributed by atoms with E-state index >= 15 is 0 Å². The SMILES string of the molecule is CCC(N)Cc1c(N2CCN(CC)CC2)nc2sccn12. The van der Waals surface area contributed by atoms with Gasteiger partial charge in [0.15, 0.2) is 10.8 Å². The molecule has 1 aliphatic rings. The van der Waals surface area contributed by atoms with Crippen molar-refractivity contribution < 1.29 is 0 Å². The van der Waals surface area contributed by atoms with Gasteiger partial charge in [0.1, 0.15) is 0 Å². The summed E-state index contributed by atoms with van der Waals surface area (Å²) in [6.07, 6.45) is 4.02. The molecular weight excluding hydrogens is 282 g/mol. The minimum absolute atomic E-state index is 0.209.